The van der Waals surface area contributed by atoms with Gasteiger partial charge in [0.05, 0.1) is 17.4 Å². The highest BCUT2D eigenvalue weighted by molar-refractivity contribution is 7.91. The topological polar surface area (TPSA) is 121 Å². The monoisotopic (exact) mass is 360 g/mol. The van der Waals surface area contributed by atoms with Crippen molar-refractivity contribution in [2.24, 2.45) is 11.8 Å². The van der Waals surface area contributed by atoms with E-state index in [1.54, 1.807) is 6.92 Å². The fourth-order valence-electron chi connectivity index (χ4n) is 3.24. The van der Waals surface area contributed by atoms with Crippen molar-refractivity contribution in [1.29, 1.82) is 0 Å². The van der Waals surface area contributed by atoms with Gasteiger partial charge in [0.15, 0.2) is 9.84 Å². The lowest BCUT2D eigenvalue weighted by Crippen LogP contribution is -2.48. The Bertz CT molecular complexity index is 632. The average Bonchev–Trinajstić information content (AvgIpc) is 3.05. The number of aliphatic carboxylic acids is 1. The Hall–Kier alpha value is -1.64. The first-order valence-corrected chi connectivity index (χ1v) is 9.99. The first-order valence-electron chi connectivity index (χ1n) is 8.17. The number of hydrogen-bond donors (Lipinski definition) is 2. The van der Waals surface area contributed by atoms with Crippen LogP contribution < -0.4 is 5.32 Å². The van der Waals surface area contributed by atoms with Gasteiger partial charge in [-0.3, -0.25) is 9.59 Å². The van der Waals surface area contributed by atoms with Crippen molar-refractivity contribution in [3.05, 3.63) is 0 Å². The average molecular weight is 360 g/mol. The molecule has 0 spiro atoms. The minimum atomic E-state index is -3.11. The Morgan fingerprint density at radius 1 is 1.42 bits per heavy atom. The van der Waals surface area contributed by atoms with Crippen LogP contribution in [0.15, 0.2) is 0 Å². The van der Waals surface area contributed by atoms with Gasteiger partial charge in [0.25, 0.3) is 0 Å². The number of carboxylic acids is 1. The second-order valence-corrected chi connectivity index (χ2v) is 8.94. The fraction of sp³-hybridized carbons (Fsp3) is 0.800. The molecular formula is C15H24N2O6S. The summed E-state index contributed by atoms with van der Waals surface area (Å²) in [5, 5.41) is 11.8. The lowest BCUT2D eigenvalue weighted by atomic mass is 9.98. The molecule has 2 unspecified atom stereocenters. The van der Waals surface area contributed by atoms with E-state index in [-0.39, 0.29) is 42.3 Å². The highest BCUT2D eigenvalue weighted by atomic mass is 32.2. The van der Waals surface area contributed by atoms with Gasteiger partial charge in [0.1, 0.15) is 6.04 Å². The van der Waals surface area contributed by atoms with Crippen LogP contribution >= 0.6 is 0 Å². The molecule has 0 aromatic heterocycles. The molecular weight excluding hydrogens is 336 g/mol. The standard InChI is InChI=1S/C15H24N2O6S/c1-3-9(2)13(15(20)21)16-14(19)10-6-12(18)17(7-10)11-4-5-24(22,23)8-11/h9-11,13H,3-8H2,1-2H3,(H,16,19)(H,20,21)/t9-,10?,11?,13-/m0/s1. The van der Waals surface area contributed by atoms with Gasteiger partial charge in [0, 0.05) is 19.0 Å². The number of carbonyl (C=O) groups is 3. The van der Waals surface area contributed by atoms with Crippen LogP contribution in [-0.4, -0.2) is 66.3 Å². The van der Waals surface area contributed by atoms with Crippen molar-refractivity contribution in [3.63, 3.8) is 0 Å². The first-order chi connectivity index (χ1) is 11.1. The summed E-state index contributed by atoms with van der Waals surface area (Å²) in [6.45, 7) is 3.74. The molecule has 2 amide bonds. The van der Waals surface area contributed by atoms with Gasteiger partial charge < -0.3 is 15.3 Å². The predicted octanol–water partition coefficient (Wildman–Crippen LogP) is -0.362. The Morgan fingerprint density at radius 3 is 2.58 bits per heavy atom. The van der Waals surface area contributed by atoms with Gasteiger partial charge >= 0.3 is 5.97 Å². The zero-order valence-electron chi connectivity index (χ0n) is 13.9. The third-order valence-corrected chi connectivity index (χ3v) is 6.71. The number of carbonyl (C=O) groups excluding carboxylic acids is 2. The number of sulfone groups is 1. The van der Waals surface area contributed by atoms with Crippen LogP contribution in [0.4, 0.5) is 0 Å². The van der Waals surface area contributed by atoms with Crippen molar-refractivity contribution in [1.82, 2.24) is 10.2 Å². The number of likely N-dealkylation sites (tertiary alicyclic amines) is 1. The summed E-state index contributed by atoms with van der Waals surface area (Å²) < 4.78 is 23.1. The molecule has 136 valence electrons. The maximum absolute atomic E-state index is 12.3. The molecule has 2 saturated heterocycles. The smallest absolute Gasteiger partial charge is 0.326 e. The Kier molecular flexibility index (Phi) is 5.52. The van der Waals surface area contributed by atoms with Crippen molar-refractivity contribution in [2.75, 3.05) is 18.1 Å². The molecule has 0 radical (unpaired) electrons. The Morgan fingerprint density at radius 2 is 2.08 bits per heavy atom. The van der Waals surface area contributed by atoms with Gasteiger partial charge in [0.2, 0.25) is 11.8 Å². The number of nitrogens with zero attached hydrogens (tertiary/aromatic N) is 1. The molecule has 2 fully saturated rings. The van der Waals surface area contributed by atoms with Crippen molar-refractivity contribution in [2.45, 2.75) is 45.2 Å². The van der Waals surface area contributed by atoms with Crippen LogP contribution in [0.1, 0.15) is 33.1 Å². The summed E-state index contributed by atoms with van der Waals surface area (Å²) in [6, 6.07) is -1.36. The van der Waals surface area contributed by atoms with E-state index in [0.717, 1.165) is 0 Å². The molecule has 2 N–H and O–H groups in total. The SMILES string of the molecule is CC[C@H](C)[C@H](NC(=O)C1CC(=O)N(C2CCS(=O)(=O)C2)C1)C(=O)O. The quantitative estimate of drug-likeness (QED) is 0.667. The third kappa shape index (κ3) is 4.06. The fourth-order valence-corrected chi connectivity index (χ4v) is 4.97. The number of amides is 2. The molecule has 0 aromatic rings. The first kappa shape index (κ1) is 18.7. The second-order valence-electron chi connectivity index (χ2n) is 6.71. The third-order valence-electron chi connectivity index (χ3n) is 4.96. The summed E-state index contributed by atoms with van der Waals surface area (Å²) in [5.41, 5.74) is 0. The van der Waals surface area contributed by atoms with Crippen LogP contribution in [0.3, 0.4) is 0 Å². The van der Waals surface area contributed by atoms with E-state index in [0.29, 0.717) is 12.8 Å². The van der Waals surface area contributed by atoms with Crippen molar-refractivity contribution in [3.8, 4) is 0 Å². The minimum Gasteiger partial charge on any atom is -0.480 e. The van der Waals surface area contributed by atoms with Gasteiger partial charge in [-0.2, -0.15) is 0 Å². The van der Waals surface area contributed by atoms with Gasteiger partial charge in [-0.15, -0.1) is 0 Å². The van der Waals surface area contributed by atoms with Gasteiger partial charge in [-0.25, -0.2) is 13.2 Å². The maximum atomic E-state index is 12.3. The number of carboxylic acid groups (broad SMARTS) is 1. The molecule has 2 aliphatic rings. The van der Waals surface area contributed by atoms with Crippen LogP contribution in [0.5, 0.6) is 0 Å². The highest BCUT2D eigenvalue weighted by Gasteiger charge is 2.42. The molecule has 24 heavy (non-hydrogen) atoms. The zero-order valence-corrected chi connectivity index (χ0v) is 14.7. The molecule has 0 aromatic carbocycles. The van der Waals surface area contributed by atoms with E-state index in [9.17, 15) is 27.9 Å². The normalized spacial score (nSPS) is 28.6. The zero-order chi connectivity index (χ0) is 18.1. The lowest BCUT2D eigenvalue weighted by molar-refractivity contribution is -0.144. The Labute approximate surface area is 141 Å². The van der Waals surface area contributed by atoms with E-state index in [4.69, 9.17) is 0 Å². The Balaban J connectivity index is 1.99. The molecule has 9 heteroatoms. The number of rotatable bonds is 6. The summed E-state index contributed by atoms with van der Waals surface area (Å²) in [6.07, 6.45) is 0.995. The van der Waals surface area contributed by atoms with E-state index >= 15 is 0 Å². The summed E-state index contributed by atoms with van der Waals surface area (Å²) >= 11 is 0. The van der Waals surface area contributed by atoms with Crippen molar-refractivity contribution >= 4 is 27.6 Å². The summed E-state index contributed by atoms with van der Waals surface area (Å²) in [5.74, 6) is -2.65. The second kappa shape index (κ2) is 7.08. The highest BCUT2D eigenvalue weighted by Crippen LogP contribution is 2.26. The van der Waals surface area contributed by atoms with Crippen LogP contribution in [0, 0.1) is 11.8 Å². The van der Waals surface area contributed by atoms with Gasteiger partial charge in [-0.1, -0.05) is 20.3 Å². The predicted molar refractivity (Wildman–Crippen MR) is 85.9 cm³/mol. The van der Waals surface area contributed by atoms with Crippen LogP contribution in [0.25, 0.3) is 0 Å². The van der Waals surface area contributed by atoms with E-state index in [1.807, 2.05) is 6.92 Å². The van der Waals surface area contributed by atoms with Gasteiger partial charge in [-0.05, 0) is 12.3 Å². The summed E-state index contributed by atoms with van der Waals surface area (Å²) in [4.78, 5) is 37.2. The molecule has 0 aliphatic carbocycles. The lowest BCUT2D eigenvalue weighted by Gasteiger charge is -2.24. The molecule has 2 rings (SSSR count). The molecule has 4 atom stereocenters. The number of hydrogen-bond acceptors (Lipinski definition) is 5. The van der Waals surface area contributed by atoms with Crippen LogP contribution in [0.2, 0.25) is 0 Å². The number of nitrogens with one attached hydrogen (secondary N) is 1. The van der Waals surface area contributed by atoms with E-state index < -0.39 is 33.7 Å². The van der Waals surface area contributed by atoms with Crippen molar-refractivity contribution < 1.29 is 27.9 Å². The maximum Gasteiger partial charge on any atom is 0.326 e. The largest absolute Gasteiger partial charge is 0.480 e. The minimum absolute atomic E-state index is 0.00474. The molecule has 8 nitrogen and oxygen atoms in total. The molecule has 0 saturated carbocycles. The van der Waals surface area contributed by atoms with E-state index in [1.165, 1.54) is 4.90 Å². The molecule has 2 aliphatic heterocycles. The van der Waals surface area contributed by atoms with E-state index in [2.05, 4.69) is 5.32 Å². The van der Waals surface area contributed by atoms with Crippen LogP contribution in [-0.2, 0) is 24.2 Å². The molecule has 2 heterocycles. The molecule has 0 bridgehead atoms. The summed E-state index contributed by atoms with van der Waals surface area (Å²) in [7, 11) is -3.11.